The molecule has 1 atom stereocenters. The molecule has 4 rings (SSSR count). The van der Waals surface area contributed by atoms with Crippen LogP contribution >= 0.6 is 22.9 Å². The van der Waals surface area contributed by atoms with E-state index in [1.54, 1.807) is 18.2 Å². The molecule has 0 spiro atoms. The molecule has 0 N–H and O–H groups in total. The molecular weight excluding hydrogens is 494 g/mol. The zero-order valence-electron chi connectivity index (χ0n) is 20.3. The highest BCUT2D eigenvalue weighted by Crippen LogP contribution is 2.32. The predicted octanol–water partition coefficient (Wildman–Crippen LogP) is 6.53. The number of methoxy groups -OCH3 is 1. The molecule has 0 aliphatic carbocycles. The molecule has 3 aromatic rings. The van der Waals surface area contributed by atoms with Gasteiger partial charge in [-0.1, -0.05) is 35.9 Å². The summed E-state index contributed by atoms with van der Waals surface area (Å²) >= 11 is 7.53. The summed E-state index contributed by atoms with van der Waals surface area (Å²) in [6.45, 7) is 2.63. The lowest BCUT2D eigenvalue weighted by atomic mass is 10.1. The molecule has 0 radical (unpaired) electrons. The number of ketones is 1. The Morgan fingerprint density at radius 3 is 2.64 bits per heavy atom. The van der Waals surface area contributed by atoms with E-state index in [0.29, 0.717) is 28.4 Å². The third kappa shape index (κ3) is 6.12. The number of hydrogen-bond acceptors (Lipinski definition) is 5. The smallest absolute Gasteiger partial charge is 0.337 e. The summed E-state index contributed by atoms with van der Waals surface area (Å²) in [5.41, 5.74) is 3.76. The summed E-state index contributed by atoms with van der Waals surface area (Å²) in [5.74, 6) is -0.287. The van der Waals surface area contributed by atoms with Crippen LogP contribution in [-0.2, 0) is 16.0 Å². The van der Waals surface area contributed by atoms with E-state index in [2.05, 4.69) is 0 Å². The average Bonchev–Trinajstić information content (AvgIpc) is 3.50. The molecular formula is C29H28ClNO4S. The van der Waals surface area contributed by atoms with E-state index in [0.717, 1.165) is 40.8 Å². The summed E-state index contributed by atoms with van der Waals surface area (Å²) in [6, 6.07) is 16.8. The zero-order chi connectivity index (χ0) is 25.7. The molecule has 0 bridgehead atoms. The van der Waals surface area contributed by atoms with Crippen LogP contribution in [-0.4, -0.2) is 42.3 Å². The topological polar surface area (TPSA) is 63.7 Å². The van der Waals surface area contributed by atoms with Gasteiger partial charge in [0.25, 0.3) is 0 Å². The average molecular weight is 522 g/mol. The maximum absolute atomic E-state index is 12.8. The van der Waals surface area contributed by atoms with Crippen molar-refractivity contribution in [2.45, 2.75) is 38.6 Å². The van der Waals surface area contributed by atoms with Gasteiger partial charge in [-0.05, 0) is 85.4 Å². The molecule has 1 aliphatic rings. The van der Waals surface area contributed by atoms with Crippen LogP contribution in [0.15, 0.2) is 66.7 Å². The van der Waals surface area contributed by atoms with Gasteiger partial charge in [0, 0.05) is 22.9 Å². The molecule has 1 fully saturated rings. The summed E-state index contributed by atoms with van der Waals surface area (Å²) < 4.78 is 4.73. The lowest BCUT2D eigenvalue weighted by Crippen LogP contribution is -2.33. The fourth-order valence-electron chi connectivity index (χ4n) is 4.42. The number of amides is 1. The standard InChI is InChI=1S/C29H28ClNO4S/c1-19-18-22(30)9-12-24(19)26-14-15-27(36-26)25(32)13-10-23-11-16-28(33)31(23)17-3-4-20-5-7-21(8-6-20)29(34)35-2/h5-10,12-15,18,23H,3-4,11,16-17H2,1-2H3/b13-10+/t23-/m0/s1. The Hall–Kier alpha value is -3.22. The predicted molar refractivity (Wildman–Crippen MR) is 144 cm³/mol. The van der Waals surface area contributed by atoms with Gasteiger partial charge in [0.1, 0.15) is 0 Å². The number of halogens is 1. The van der Waals surface area contributed by atoms with Crippen LogP contribution in [0.3, 0.4) is 0 Å². The number of rotatable bonds is 9. The van der Waals surface area contributed by atoms with E-state index in [1.807, 2.05) is 60.4 Å². The van der Waals surface area contributed by atoms with E-state index >= 15 is 0 Å². The van der Waals surface area contributed by atoms with Crippen LogP contribution in [0.2, 0.25) is 5.02 Å². The second kappa shape index (κ2) is 11.7. The van der Waals surface area contributed by atoms with Crippen molar-refractivity contribution < 1.29 is 19.1 Å². The molecule has 1 aromatic heterocycles. The van der Waals surface area contributed by atoms with Gasteiger partial charge in [0.05, 0.1) is 23.6 Å². The van der Waals surface area contributed by atoms with Crippen LogP contribution in [0.5, 0.6) is 0 Å². The number of benzene rings is 2. The maximum Gasteiger partial charge on any atom is 0.337 e. The number of nitrogens with zero attached hydrogens (tertiary/aromatic N) is 1. The Bertz CT molecular complexity index is 1290. The van der Waals surface area contributed by atoms with E-state index < -0.39 is 0 Å². The first-order valence-corrected chi connectivity index (χ1v) is 13.1. The largest absolute Gasteiger partial charge is 0.465 e. The minimum atomic E-state index is -0.354. The number of likely N-dealkylation sites (tertiary alicyclic amines) is 1. The van der Waals surface area contributed by atoms with Crippen molar-refractivity contribution in [3.63, 3.8) is 0 Å². The van der Waals surface area contributed by atoms with E-state index in [4.69, 9.17) is 16.3 Å². The van der Waals surface area contributed by atoms with Crippen molar-refractivity contribution in [3.05, 3.63) is 93.3 Å². The fraction of sp³-hybridized carbons (Fsp3) is 0.276. The van der Waals surface area contributed by atoms with Crippen LogP contribution in [0.4, 0.5) is 0 Å². The fourth-order valence-corrected chi connectivity index (χ4v) is 5.67. The Morgan fingerprint density at radius 1 is 1.14 bits per heavy atom. The molecule has 0 saturated carbocycles. The second-order valence-electron chi connectivity index (χ2n) is 8.83. The minimum absolute atomic E-state index is 0.0529. The van der Waals surface area contributed by atoms with Gasteiger partial charge in [-0.15, -0.1) is 11.3 Å². The van der Waals surface area contributed by atoms with Crippen molar-refractivity contribution in [1.29, 1.82) is 0 Å². The first-order valence-electron chi connectivity index (χ1n) is 11.9. The zero-order valence-corrected chi connectivity index (χ0v) is 21.9. The molecule has 2 aromatic carbocycles. The molecule has 36 heavy (non-hydrogen) atoms. The summed E-state index contributed by atoms with van der Waals surface area (Å²) in [6.07, 6.45) is 6.28. The van der Waals surface area contributed by atoms with Crippen LogP contribution < -0.4 is 0 Å². The Kier molecular flexibility index (Phi) is 8.39. The lowest BCUT2D eigenvalue weighted by molar-refractivity contribution is -0.128. The SMILES string of the molecule is COC(=O)c1ccc(CCCN2C(=O)CC[C@@H]2/C=C/C(=O)c2ccc(-c3ccc(Cl)cc3C)s2)cc1. The van der Waals surface area contributed by atoms with Crippen molar-refractivity contribution in [2.75, 3.05) is 13.7 Å². The number of carbonyl (C=O) groups is 3. The third-order valence-corrected chi connectivity index (χ3v) is 7.75. The highest BCUT2D eigenvalue weighted by Gasteiger charge is 2.28. The Balaban J connectivity index is 1.34. The number of aryl methyl sites for hydroxylation is 2. The number of carbonyl (C=O) groups excluding carboxylic acids is 3. The Labute approximate surface area is 220 Å². The van der Waals surface area contributed by atoms with Crippen LogP contribution in [0.25, 0.3) is 10.4 Å². The normalized spacial score (nSPS) is 15.6. The van der Waals surface area contributed by atoms with Gasteiger partial charge in [-0.25, -0.2) is 4.79 Å². The van der Waals surface area contributed by atoms with E-state index in [1.165, 1.54) is 18.4 Å². The summed E-state index contributed by atoms with van der Waals surface area (Å²) in [7, 11) is 1.36. The maximum atomic E-state index is 12.8. The third-order valence-electron chi connectivity index (χ3n) is 6.39. The number of esters is 1. The summed E-state index contributed by atoms with van der Waals surface area (Å²) in [4.78, 5) is 40.4. The number of allylic oxidation sites excluding steroid dienone is 1. The molecule has 7 heteroatoms. The lowest BCUT2D eigenvalue weighted by Gasteiger charge is -2.22. The van der Waals surface area contributed by atoms with Crippen LogP contribution in [0.1, 0.15) is 50.4 Å². The van der Waals surface area contributed by atoms with Crippen molar-refractivity contribution in [2.24, 2.45) is 0 Å². The first-order chi connectivity index (χ1) is 17.4. The first kappa shape index (κ1) is 25.9. The molecule has 5 nitrogen and oxygen atoms in total. The minimum Gasteiger partial charge on any atom is -0.465 e. The highest BCUT2D eigenvalue weighted by atomic mass is 35.5. The number of thiophene rings is 1. The van der Waals surface area contributed by atoms with E-state index in [-0.39, 0.29) is 23.7 Å². The van der Waals surface area contributed by atoms with Crippen molar-refractivity contribution in [3.8, 4) is 10.4 Å². The van der Waals surface area contributed by atoms with Gasteiger partial charge < -0.3 is 9.64 Å². The Morgan fingerprint density at radius 2 is 1.92 bits per heavy atom. The van der Waals surface area contributed by atoms with Crippen molar-refractivity contribution >= 4 is 40.6 Å². The number of hydrogen-bond donors (Lipinski definition) is 0. The van der Waals surface area contributed by atoms with Gasteiger partial charge in [-0.3, -0.25) is 9.59 Å². The second-order valence-corrected chi connectivity index (χ2v) is 10.4. The van der Waals surface area contributed by atoms with Gasteiger partial charge in [0.2, 0.25) is 5.91 Å². The molecule has 1 saturated heterocycles. The molecule has 2 heterocycles. The van der Waals surface area contributed by atoms with Gasteiger partial charge in [-0.2, -0.15) is 0 Å². The van der Waals surface area contributed by atoms with Gasteiger partial charge >= 0.3 is 5.97 Å². The molecule has 1 amide bonds. The molecule has 1 aliphatic heterocycles. The van der Waals surface area contributed by atoms with Crippen molar-refractivity contribution in [1.82, 2.24) is 4.90 Å². The number of ether oxygens (including phenoxy) is 1. The molecule has 186 valence electrons. The monoisotopic (exact) mass is 521 g/mol. The van der Waals surface area contributed by atoms with E-state index in [9.17, 15) is 14.4 Å². The molecule has 0 unspecified atom stereocenters. The summed E-state index contributed by atoms with van der Waals surface area (Å²) in [5, 5.41) is 0.694. The van der Waals surface area contributed by atoms with Crippen LogP contribution in [0, 0.1) is 6.92 Å². The highest BCUT2D eigenvalue weighted by molar-refractivity contribution is 7.17. The van der Waals surface area contributed by atoms with Gasteiger partial charge in [0.15, 0.2) is 5.78 Å². The quantitative estimate of drug-likeness (QED) is 0.182.